The molecule has 0 saturated heterocycles. The zero-order valence-corrected chi connectivity index (χ0v) is 14.1. The first kappa shape index (κ1) is 18.2. The van der Waals surface area contributed by atoms with Crippen molar-refractivity contribution in [3.8, 4) is 5.75 Å². The number of nitrogens with zero attached hydrogens (tertiary/aromatic N) is 1. The number of ether oxygens (including phenoxy) is 1. The number of hydrogen-bond acceptors (Lipinski definition) is 4. The molecule has 1 atom stereocenters. The Balaban J connectivity index is 1.93. The number of carbonyl (C=O) groups is 1. The van der Waals surface area contributed by atoms with Crippen LogP contribution in [0, 0.1) is 10.1 Å². The van der Waals surface area contributed by atoms with Gasteiger partial charge in [-0.1, -0.05) is 12.1 Å². The van der Waals surface area contributed by atoms with E-state index in [9.17, 15) is 14.9 Å². The first-order chi connectivity index (χ1) is 12.0. The number of rotatable bonds is 7. The Morgan fingerprint density at radius 2 is 1.84 bits per heavy atom. The number of hydrogen-bond donors (Lipinski definition) is 1. The molecular formula is C19H20N2O4. The van der Waals surface area contributed by atoms with Gasteiger partial charge in [-0.15, -0.1) is 0 Å². The second-order valence-electron chi connectivity index (χ2n) is 5.41. The molecule has 2 aromatic rings. The van der Waals surface area contributed by atoms with Gasteiger partial charge in [-0.2, -0.15) is 0 Å². The van der Waals surface area contributed by atoms with E-state index in [-0.39, 0.29) is 17.6 Å². The topological polar surface area (TPSA) is 81.5 Å². The molecule has 2 aromatic carbocycles. The van der Waals surface area contributed by atoms with Crippen LogP contribution in [0.4, 0.5) is 5.69 Å². The van der Waals surface area contributed by atoms with Crippen molar-refractivity contribution in [2.24, 2.45) is 0 Å². The smallest absolute Gasteiger partial charge is 0.269 e. The summed E-state index contributed by atoms with van der Waals surface area (Å²) in [6, 6.07) is 13.4. The van der Waals surface area contributed by atoms with Crippen LogP contribution in [0.15, 0.2) is 54.6 Å². The maximum atomic E-state index is 12.0. The average molecular weight is 340 g/mol. The molecule has 1 N–H and O–H groups in total. The summed E-state index contributed by atoms with van der Waals surface area (Å²) in [7, 11) is 0. The third-order valence-corrected chi connectivity index (χ3v) is 3.58. The molecule has 0 fully saturated rings. The fourth-order valence-electron chi connectivity index (χ4n) is 2.24. The van der Waals surface area contributed by atoms with Crippen LogP contribution in [-0.2, 0) is 4.79 Å². The van der Waals surface area contributed by atoms with Gasteiger partial charge in [0, 0.05) is 18.2 Å². The first-order valence-corrected chi connectivity index (χ1v) is 7.95. The summed E-state index contributed by atoms with van der Waals surface area (Å²) in [6.45, 7) is 4.43. The minimum Gasteiger partial charge on any atom is -0.494 e. The highest BCUT2D eigenvalue weighted by Crippen LogP contribution is 2.18. The lowest BCUT2D eigenvalue weighted by molar-refractivity contribution is -0.384. The van der Waals surface area contributed by atoms with Gasteiger partial charge in [0.2, 0.25) is 5.91 Å². The molecule has 0 heterocycles. The standard InChI is InChI=1S/C19H20N2O4/c1-3-25-18-11-7-16(8-12-18)14(2)20-19(22)13-6-15-4-9-17(10-5-15)21(23)24/h4-14H,3H2,1-2H3,(H,20,22)/b13-6+/t14-/m0/s1. The Morgan fingerprint density at radius 3 is 2.40 bits per heavy atom. The molecule has 25 heavy (non-hydrogen) atoms. The van der Waals surface area contributed by atoms with Crippen molar-refractivity contribution in [2.45, 2.75) is 19.9 Å². The third-order valence-electron chi connectivity index (χ3n) is 3.58. The van der Waals surface area contributed by atoms with Crippen molar-refractivity contribution >= 4 is 17.7 Å². The normalized spacial score (nSPS) is 11.9. The summed E-state index contributed by atoms with van der Waals surface area (Å²) in [5.74, 6) is 0.558. The number of nitrogens with one attached hydrogen (secondary N) is 1. The van der Waals surface area contributed by atoms with Gasteiger partial charge in [-0.3, -0.25) is 14.9 Å². The molecule has 0 spiro atoms. The molecule has 6 nitrogen and oxygen atoms in total. The minimum absolute atomic E-state index is 0.0192. The van der Waals surface area contributed by atoms with Crippen molar-refractivity contribution < 1.29 is 14.5 Å². The zero-order chi connectivity index (χ0) is 18.2. The molecule has 0 aliphatic carbocycles. The fraction of sp³-hybridized carbons (Fsp3) is 0.211. The quantitative estimate of drug-likeness (QED) is 0.471. The van der Waals surface area contributed by atoms with E-state index in [1.54, 1.807) is 18.2 Å². The number of carbonyl (C=O) groups excluding carboxylic acids is 1. The molecule has 0 radical (unpaired) electrons. The predicted molar refractivity (Wildman–Crippen MR) is 96.3 cm³/mol. The van der Waals surface area contributed by atoms with E-state index in [1.165, 1.54) is 18.2 Å². The Kier molecular flexibility index (Phi) is 6.28. The highest BCUT2D eigenvalue weighted by atomic mass is 16.6. The van der Waals surface area contributed by atoms with Crippen LogP contribution in [0.1, 0.15) is 31.0 Å². The molecule has 0 aliphatic rings. The van der Waals surface area contributed by atoms with E-state index in [0.29, 0.717) is 6.61 Å². The van der Waals surface area contributed by atoms with Gasteiger partial charge in [0.1, 0.15) is 5.75 Å². The third kappa shape index (κ3) is 5.46. The molecule has 0 bridgehead atoms. The van der Waals surface area contributed by atoms with Gasteiger partial charge >= 0.3 is 0 Å². The number of amides is 1. The van der Waals surface area contributed by atoms with E-state index < -0.39 is 4.92 Å². The van der Waals surface area contributed by atoms with Crippen molar-refractivity contribution in [3.05, 3.63) is 75.8 Å². The van der Waals surface area contributed by atoms with Gasteiger partial charge in [0.05, 0.1) is 17.6 Å². The number of benzene rings is 2. The Morgan fingerprint density at radius 1 is 1.20 bits per heavy atom. The van der Waals surface area contributed by atoms with Crippen molar-refractivity contribution in [3.63, 3.8) is 0 Å². The van der Waals surface area contributed by atoms with Gasteiger partial charge in [0.25, 0.3) is 5.69 Å². The van der Waals surface area contributed by atoms with E-state index in [0.717, 1.165) is 16.9 Å². The maximum Gasteiger partial charge on any atom is 0.269 e. The van der Waals surface area contributed by atoms with E-state index in [4.69, 9.17) is 4.74 Å². The van der Waals surface area contributed by atoms with Crippen molar-refractivity contribution in [1.82, 2.24) is 5.32 Å². The molecular weight excluding hydrogens is 320 g/mol. The summed E-state index contributed by atoms with van der Waals surface area (Å²) < 4.78 is 5.39. The number of nitro groups is 1. The highest BCUT2D eigenvalue weighted by molar-refractivity contribution is 5.92. The Bertz CT molecular complexity index is 752. The van der Waals surface area contributed by atoms with E-state index in [1.807, 2.05) is 38.1 Å². The Hall–Kier alpha value is -3.15. The maximum absolute atomic E-state index is 12.0. The lowest BCUT2D eigenvalue weighted by Gasteiger charge is -2.13. The van der Waals surface area contributed by atoms with Crippen LogP contribution in [0.2, 0.25) is 0 Å². The second-order valence-corrected chi connectivity index (χ2v) is 5.41. The summed E-state index contributed by atoms with van der Waals surface area (Å²) in [5.41, 5.74) is 1.71. The lowest BCUT2D eigenvalue weighted by atomic mass is 10.1. The lowest BCUT2D eigenvalue weighted by Crippen LogP contribution is -2.24. The molecule has 0 aromatic heterocycles. The van der Waals surface area contributed by atoms with Gasteiger partial charge in [0.15, 0.2) is 0 Å². The van der Waals surface area contributed by atoms with Crippen LogP contribution in [0.25, 0.3) is 6.08 Å². The van der Waals surface area contributed by atoms with Crippen molar-refractivity contribution in [1.29, 1.82) is 0 Å². The molecule has 0 aliphatic heterocycles. The Labute approximate surface area is 146 Å². The van der Waals surface area contributed by atoms with Crippen LogP contribution in [0.3, 0.4) is 0 Å². The molecule has 1 amide bonds. The average Bonchev–Trinajstić information content (AvgIpc) is 2.61. The zero-order valence-electron chi connectivity index (χ0n) is 14.1. The number of non-ortho nitro benzene ring substituents is 1. The van der Waals surface area contributed by atoms with Gasteiger partial charge < -0.3 is 10.1 Å². The van der Waals surface area contributed by atoms with Crippen molar-refractivity contribution in [2.75, 3.05) is 6.61 Å². The first-order valence-electron chi connectivity index (χ1n) is 7.95. The van der Waals surface area contributed by atoms with E-state index in [2.05, 4.69) is 5.32 Å². The van der Waals surface area contributed by atoms with Crippen LogP contribution in [0.5, 0.6) is 5.75 Å². The van der Waals surface area contributed by atoms with E-state index >= 15 is 0 Å². The molecule has 2 rings (SSSR count). The molecule has 0 unspecified atom stereocenters. The fourth-order valence-corrected chi connectivity index (χ4v) is 2.24. The minimum atomic E-state index is -0.460. The van der Waals surface area contributed by atoms with Crippen LogP contribution < -0.4 is 10.1 Å². The van der Waals surface area contributed by atoms with Gasteiger partial charge in [-0.05, 0) is 55.3 Å². The molecule has 0 saturated carbocycles. The highest BCUT2D eigenvalue weighted by Gasteiger charge is 2.08. The molecule has 130 valence electrons. The predicted octanol–water partition coefficient (Wildman–Crippen LogP) is 3.88. The van der Waals surface area contributed by atoms with Gasteiger partial charge in [-0.25, -0.2) is 0 Å². The second kappa shape index (κ2) is 8.63. The largest absolute Gasteiger partial charge is 0.494 e. The summed E-state index contributed by atoms with van der Waals surface area (Å²) >= 11 is 0. The molecule has 6 heteroatoms. The summed E-state index contributed by atoms with van der Waals surface area (Å²) in [6.07, 6.45) is 3.02. The van der Waals surface area contributed by atoms with Crippen LogP contribution >= 0.6 is 0 Å². The summed E-state index contributed by atoms with van der Waals surface area (Å²) in [4.78, 5) is 22.2. The monoisotopic (exact) mass is 340 g/mol. The SMILES string of the molecule is CCOc1ccc([C@H](C)NC(=O)/C=C/c2ccc([N+](=O)[O-])cc2)cc1. The van der Waals surface area contributed by atoms with Crippen LogP contribution in [-0.4, -0.2) is 17.4 Å². The number of nitro benzene ring substituents is 1. The summed E-state index contributed by atoms with van der Waals surface area (Å²) in [5, 5.41) is 13.5.